The minimum atomic E-state index is -0.0805. The van der Waals surface area contributed by atoms with Crippen molar-refractivity contribution in [3.63, 3.8) is 0 Å². The molecule has 1 amide bonds. The zero-order valence-electron chi connectivity index (χ0n) is 18.1. The standard InChI is InChI=1S/C24H27N3O4/c1-4-29-20-11-10-17(12-21(20)30-5-2)14-27-15-18(13-22(27)28)23-25-24(31-26-23)19-9-7-6-8-16(19)3/h6-12,18H,4-5,13-15H2,1-3H3. The number of aryl methyl sites for hydroxylation is 1. The molecule has 1 unspecified atom stereocenters. The Morgan fingerprint density at radius 2 is 1.87 bits per heavy atom. The van der Waals surface area contributed by atoms with Crippen LogP contribution in [0.5, 0.6) is 11.5 Å². The molecule has 2 aromatic carbocycles. The summed E-state index contributed by atoms with van der Waals surface area (Å²) in [5.41, 5.74) is 2.98. The number of aromatic nitrogens is 2. The molecule has 1 fully saturated rings. The van der Waals surface area contributed by atoms with Crippen molar-refractivity contribution >= 4 is 5.91 Å². The molecule has 0 N–H and O–H groups in total. The molecule has 0 aliphatic carbocycles. The Morgan fingerprint density at radius 1 is 1.10 bits per heavy atom. The van der Waals surface area contributed by atoms with Gasteiger partial charge in [-0.2, -0.15) is 4.98 Å². The van der Waals surface area contributed by atoms with Gasteiger partial charge < -0.3 is 18.9 Å². The van der Waals surface area contributed by atoms with Crippen LogP contribution in [0.1, 0.15) is 43.1 Å². The molecular formula is C24H27N3O4. The van der Waals surface area contributed by atoms with Gasteiger partial charge in [0.2, 0.25) is 5.91 Å². The second-order valence-electron chi connectivity index (χ2n) is 7.60. The Morgan fingerprint density at radius 3 is 2.65 bits per heavy atom. The highest BCUT2D eigenvalue weighted by molar-refractivity contribution is 5.79. The van der Waals surface area contributed by atoms with Gasteiger partial charge in [-0.25, -0.2) is 0 Å². The number of ether oxygens (including phenoxy) is 2. The van der Waals surface area contributed by atoms with Crippen LogP contribution in [0.2, 0.25) is 0 Å². The summed E-state index contributed by atoms with van der Waals surface area (Å²) in [5.74, 6) is 2.49. The molecule has 4 rings (SSSR count). The van der Waals surface area contributed by atoms with Crippen molar-refractivity contribution in [2.45, 2.75) is 39.7 Å². The number of carbonyl (C=O) groups excluding carboxylic acids is 1. The molecule has 0 bridgehead atoms. The van der Waals surface area contributed by atoms with Crippen LogP contribution < -0.4 is 9.47 Å². The van der Waals surface area contributed by atoms with Gasteiger partial charge in [0, 0.05) is 31.0 Å². The highest BCUT2D eigenvalue weighted by atomic mass is 16.5. The largest absolute Gasteiger partial charge is 0.490 e. The summed E-state index contributed by atoms with van der Waals surface area (Å²) in [6, 6.07) is 13.7. The molecule has 1 aromatic heterocycles. The topological polar surface area (TPSA) is 77.7 Å². The molecule has 0 spiro atoms. The van der Waals surface area contributed by atoms with Crippen molar-refractivity contribution in [3.05, 3.63) is 59.4 Å². The molecule has 3 aromatic rings. The van der Waals surface area contributed by atoms with E-state index in [1.54, 1.807) is 0 Å². The number of hydrogen-bond donors (Lipinski definition) is 0. The van der Waals surface area contributed by atoms with E-state index < -0.39 is 0 Å². The Labute approximate surface area is 182 Å². The average Bonchev–Trinajstić information content (AvgIpc) is 3.38. The van der Waals surface area contributed by atoms with Gasteiger partial charge in [-0.05, 0) is 50.1 Å². The summed E-state index contributed by atoms with van der Waals surface area (Å²) in [5, 5.41) is 4.16. The van der Waals surface area contributed by atoms with E-state index in [4.69, 9.17) is 14.0 Å². The van der Waals surface area contributed by atoms with E-state index in [0.29, 0.717) is 55.9 Å². The molecule has 0 radical (unpaired) electrons. The first-order valence-electron chi connectivity index (χ1n) is 10.6. The van der Waals surface area contributed by atoms with Gasteiger partial charge in [0.1, 0.15) is 0 Å². The molecule has 1 aliphatic rings. The highest BCUT2D eigenvalue weighted by Gasteiger charge is 2.34. The summed E-state index contributed by atoms with van der Waals surface area (Å²) in [6.07, 6.45) is 0.377. The summed E-state index contributed by atoms with van der Waals surface area (Å²) in [4.78, 5) is 19.1. The third kappa shape index (κ3) is 4.55. The summed E-state index contributed by atoms with van der Waals surface area (Å²) in [6.45, 7) is 8.07. The summed E-state index contributed by atoms with van der Waals surface area (Å²) >= 11 is 0. The monoisotopic (exact) mass is 421 g/mol. The highest BCUT2D eigenvalue weighted by Crippen LogP contribution is 2.32. The second-order valence-corrected chi connectivity index (χ2v) is 7.60. The Hall–Kier alpha value is -3.35. The normalized spacial score (nSPS) is 16.0. The number of rotatable bonds is 8. The van der Waals surface area contributed by atoms with Crippen LogP contribution in [0.4, 0.5) is 0 Å². The lowest BCUT2D eigenvalue weighted by Crippen LogP contribution is -2.24. The molecule has 0 saturated carbocycles. The maximum absolute atomic E-state index is 12.7. The number of likely N-dealkylation sites (tertiary alicyclic amines) is 1. The molecule has 1 atom stereocenters. The first-order chi connectivity index (χ1) is 15.1. The third-order valence-electron chi connectivity index (χ3n) is 5.38. The fourth-order valence-electron chi connectivity index (χ4n) is 3.84. The van der Waals surface area contributed by atoms with Gasteiger partial charge in [-0.15, -0.1) is 0 Å². The molecule has 7 heteroatoms. The van der Waals surface area contributed by atoms with Crippen molar-refractivity contribution in [2.75, 3.05) is 19.8 Å². The van der Waals surface area contributed by atoms with Gasteiger partial charge in [-0.3, -0.25) is 4.79 Å². The lowest BCUT2D eigenvalue weighted by Gasteiger charge is -2.18. The van der Waals surface area contributed by atoms with Gasteiger partial charge in [0.25, 0.3) is 5.89 Å². The van der Waals surface area contributed by atoms with Gasteiger partial charge in [0.05, 0.1) is 13.2 Å². The predicted molar refractivity (Wildman–Crippen MR) is 116 cm³/mol. The predicted octanol–water partition coefficient (Wildman–Crippen LogP) is 4.36. The Balaban J connectivity index is 1.47. The van der Waals surface area contributed by atoms with Crippen LogP contribution in [0.3, 0.4) is 0 Å². The van der Waals surface area contributed by atoms with Crippen LogP contribution in [-0.2, 0) is 11.3 Å². The fraction of sp³-hybridized carbons (Fsp3) is 0.375. The van der Waals surface area contributed by atoms with E-state index in [1.807, 2.05) is 68.1 Å². The number of hydrogen-bond acceptors (Lipinski definition) is 6. The van der Waals surface area contributed by atoms with E-state index in [1.165, 1.54) is 0 Å². The van der Waals surface area contributed by atoms with Crippen molar-refractivity contribution in [2.24, 2.45) is 0 Å². The van der Waals surface area contributed by atoms with Gasteiger partial charge in [-0.1, -0.05) is 29.4 Å². The first kappa shape index (κ1) is 20.9. The maximum Gasteiger partial charge on any atom is 0.258 e. The smallest absolute Gasteiger partial charge is 0.258 e. The molecular weight excluding hydrogens is 394 g/mol. The van der Waals surface area contributed by atoms with E-state index in [0.717, 1.165) is 16.7 Å². The van der Waals surface area contributed by atoms with Crippen LogP contribution in [-0.4, -0.2) is 40.7 Å². The Kier molecular flexibility index (Phi) is 6.21. The van der Waals surface area contributed by atoms with Crippen LogP contribution in [0, 0.1) is 6.92 Å². The van der Waals surface area contributed by atoms with Gasteiger partial charge >= 0.3 is 0 Å². The lowest BCUT2D eigenvalue weighted by atomic mass is 10.1. The zero-order valence-corrected chi connectivity index (χ0v) is 18.1. The quantitative estimate of drug-likeness (QED) is 0.538. The van der Waals surface area contributed by atoms with Crippen molar-refractivity contribution < 1.29 is 18.8 Å². The molecule has 1 aliphatic heterocycles. The summed E-state index contributed by atoms with van der Waals surface area (Å²) < 4.78 is 16.8. The molecule has 2 heterocycles. The first-order valence-corrected chi connectivity index (χ1v) is 10.6. The van der Waals surface area contributed by atoms with Gasteiger partial charge in [0.15, 0.2) is 17.3 Å². The van der Waals surface area contributed by atoms with Crippen molar-refractivity contribution in [3.8, 4) is 23.0 Å². The van der Waals surface area contributed by atoms with E-state index >= 15 is 0 Å². The molecule has 31 heavy (non-hydrogen) atoms. The molecule has 162 valence electrons. The average molecular weight is 421 g/mol. The van der Waals surface area contributed by atoms with E-state index in [9.17, 15) is 4.79 Å². The van der Waals surface area contributed by atoms with Crippen molar-refractivity contribution in [1.29, 1.82) is 0 Å². The van der Waals surface area contributed by atoms with E-state index in [2.05, 4.69) is 10.1 Å². The van der Waals surface area contributed by atoms with Crippen LogP contribution in [0.15, 0.2) is 47.0 Å². The number of amides is 1. The Bertz CT molecular complexity index is 1060. The van der Waals surface area contributed by atoms with E-state index in [-0.39, 0.29) is 11.8 Å². The maximum atomic E-state index is 12.7. The number of benzene rings is 2. The van der Waals surface area contributed by atoms with Crippen LogP contribution in [0.25, 0.3) is 11.5 Å². The molecule has 7 nitrogen and oxygen atoms in total. The fourth-order valence-corrected chi connectivity index (χ4v) is 3.84. The SMILES string of the molecule is CCOc1ccc(CN2CC(c3noc(-c4ccccc4C)n3)CC2=O)cc1OCC. The number of carbonyl (C=O) groups is 1. The second kappa shape index (κ2) is 9.20. The third-order valence-corrected chi connectivity index (χ3v) is 5.38. The van der Waals surface area contributed by atoms with Crippen molar-refractivity contribution in [1.82, 2.24) is 15.0 Å². The summed E-state index contributed by atoms with van der Waals surface area (Å²) in [7, 11) is 0. The minimum Gasteiger partial charge on any atom is -0.490 e. The lowest BCUT2D eigenvalue weighted by molar-refractivity contribution is -0.128. The number of nitrogens with zero attached hydrogens (tertiary/aromatic N) is 3. The zero-order chi connectivity index (χ0) is 21.8. The van der Waals surface area contributed by atoms with Crippen LogP contribution >= 0.6 is 0 Å². The minimum absolute atomic E-state index is 0.0805. The molecule has 1 saturated heterocycles.